The molecule has 7 rings (SSSR count). The van der Waals surface area contributed by atoms with Crippen LogP contribution in [0.1, 0.15) is 93.8 Å². The standard InChI is InChI=1S/C33H51ClN8O2/c34-24-18-36-31-29(30(35)38-42(31)19-24)32(43)37-27-20-40(25-8-6-4-2-1-3-5-7-9-25)16-12-28(27)39-14-10-26(11-15-39)41-17-13-33(21-41)22-44-23-33/h18-19,25-28H,1-17,20-23H2,(H2,35,38)(H,37,43). The number of halogens is 1. The number of ether oxygens (including phenoxy) is 1. The average molecular weight is 627 g/mol. The van der Waals surface area contributed by atoms with E-state index in [2.05, 4.69) is 30.1 Å². The van der Waals surface area contributed by atoms with Gasteiger partial charge in [0.15, 0.2) is 11.5 Å². The van der Waals surface area contributed by atoms with Gasteiger partial charge in [-0.2, -0.15) is 0 Å². The van der Waals surface area contributed by atoms with Crippen LogP contribution in [0.4, 0.5) is 5.82 Å². The van der Waals surface area contributed by atoms with E-state index in [1.807, 2.05) is 0 Å². The molecule has 5 aliphatic rings. The van der Waals surface area contributed by atoms with Crippen molar-refractivity contribution in [2.45, 2.75) is 108 Å². The molecule has 44 heavy (non-hydrogen) atoms. The van der Waals surface area contributed by atoms with Crippen LogP contribution in [-0.2, 0) is 4.74 Å². The Morgan fingerprint density at radius 1 is 0.909 bits per heavy atom. The summed E-state index contributed by atoms with van der Waals surface area (Å²) < 4.78 is 7.09. The summed E-state index contributed by atoms with van der Waals surface area (Å²) in [5.41, 5.74) is 7.52. The highest BCUT2D eigenvalue weighted by atomic mass is 35.5. The van der Waals surface area contributed by atoms with Gasteiger partial charge < -0.3 is 15.8 Å². The lowest BCUT2D eigenvalue weighted by Crippen LogP contribution is -2.63. The van der Waals surface area contributed by atoms with Crippen LogP contribution < -0.4 is 11.1 Å². The fourth-order valence-electron chi connectivity index (χ4n) is 8.91. The third-order valence-electron chi connectivity index (χ3n) is 11.5. The fraction of sp³-hybridized carbons (Fsp3) is 0.788. The maximum absolute atomic E-state index is 13.9. The second-order valence-electron chi connectivity index (χ2n) is 14.4. The van der Waals surface area contributed by atoms with Crippen molar-refractivity contribution in [1.82, 2.24) is 34.6 Å². The lowest BCUT2D eigenvalue weighted by atomic mass is 9.85. The molecule has 4 aliphatic heterocycles. The van der Waals surface area contributed by atoms with Crippen molar-refractivity contribution < 1.29 is 9.53 Å². The van der Waals surface area contributed by atoms with Gasteiger partial charge in [0.1, 0.15) is 5.56 Å². The summed E-state index contributed by atoms with van der Waals surface area (Å²) in [5.74, 6) is 0.00460. The van der Waals surface area contributed by atoms with Crippen LogP contribution in [0.25, 0.3) is 5.65 Å². The van der Waals surface area contributed by atoms with E-state index in [0.717, 1.165) is 45.8 Å². The van der Waals surface area contributed by atoms with Crippen LogP contribution >= 0.6 is 11.6 Å². The number of anilines is 1. The number of carbonyl (C=O) groups excluding carboxylic acids is 1. The second kappa shape index (κ2) is 13.4. The van der Waals surface area contributed by atoms with Gasteiger partial charge in [-0.15, -0.1) is 5.10 Å². The van der Waals surface area contributed by atoms with E-state index < -0.39 is 0 Å². The third kappa shape index (κ3) is 6.47. The first-order valence-corrected chi connectivity index (χ1v) is 17.8. The van der Waals surface area contributed by atoms with Gasteiger partial charge in [0.25, 0.3) is 5.91 Å². The van der Waals surface area contributed by atoms with Crippen LogP contribution in [0.15, 0.2) is 12.4 Å². The van der Waals surface area contributed by atoms with Crippen molar-refractivity contribution >= 4 is 29.0 Å². The van der Waals surface area contributed by atoms with Crippen LogP contribution in [0.5, 0.6) is 0 Å². The van der Waals surface area contributed by atoms with Gasteiger partial charge in [-0.1, -0.05) is 56.5 Å². The highest BCUT2D eigenvalue weighted by Gasteiger charge is 2.47. The van der Waals surface area contributed by atoms with Gasteiger partial charge >= 0.3 is 0 Å². The van der Waals surface area contributed by atoms with Crippen molar-refractivity contribution in [2.75, 3.05) is 58.2 Å². The summed E-state index contributed by atoms with van der Waals surface area (Å²) in [6, 6.07) is 1.60. The number of rotatable bonds is 5. The van der Waals surface area contributed by atoms with Gasteiger partial charge in [-0.05, 0) is 45.1 Å². The molecule has 2 aromatic heterocycles. The molecule has 11 heteroatoms. The number of nitrogens with zero attached hydrogens (tertiary/aromatic N) is 6. The summed E-state index contributed by atoms with van der Waals surface area (Å²) in [4.78, 5) is 26.5. The molecule has 0 bridgehead atoms. The lowest BCUT2D eigenvalue weighted by Gasteiger charge is -2.49. The van der Waals surface area contributed by atoms with Crippen molar-refractivity contribution in [2.24, 2.45) is 5.41 Å². The molecule has 242 valence electrons. The number of nitrogens with two attached hydrogens (primary N) is 1. The highest BCUT2D eigenvalue weighted by Crippen LogP contribution is 2.39. The molecule has 2 unspecified atom stereocenters. The van der Waals surface area contributed by atoms with Crippen molar-refractivity contribution in [3.8, 4) is 0 Å². The summed E-state index contributed by atoms with van der Waals surface area (Å²) in [7, 11) is 0. The smallest absolute Gasteiger partial charge is 0.259 e. The number of hydrogen-bond donors (Lipinski definition) is 2. The van der Waals surface area contributed by atoms with Gasteiger partial charge in [-0.25, -0.2) is 9.50 Å². The second-order valence-corrected chi connectivity index (χ2v) is 14.9. The van der Waals surface area contributed by atoms with Crippen LogP contribution in [0, 0.1) is 5.41 Å². The lowest BCUT2D eigenvalue weighted by molar-refractivity contribution is -0.107. The van der Waals surface area contributed by atoms with E-state index in [-0.39, 0.29) is 17.8 Å². The molecule has 2 aromatic rings. The molecule has 3 N–H and O–H groups in total. The maximum atomic E-state index is 13.9. The summed E-state index contributed by atoms with van der Waals surface area (Å²) in [5, 5.41) is 8.27. The third-order valence-corrected chi connectivity index (χ3v) is 11.7. The van der Waals surface area contributed by atoms with Crippen LogP contribution in [-0.4, -0.2) is 112 Å². The number of likely N-dealkylation sites (tertiary alicyclic amines) is 3. The number of piperidine rings is 2. The van der Waals surface area contributed by atoms with E-state index in [1.165, 1.54) is 94.7 Å². The van der Waals surface area contributed by atoms with E-state index in [4.69, 9.17) is 22.1 Å². The highest BCUT2D eigenvalue weighted by molar-refractivity contribution is 6.30. The molecule has 6 heterocycles. The zero-order valence-corrected chi connectivity index (χ0v) is 27.0. The van der Waals surface area contributed by atoms with Crippen molar-refractivity contribution in [1.29, 1.82) is 0 Å². The van der Waals surface area contributed by atoms with E-state index in [0.29, 0.717) is 39.8 Å². The number of hydrogen-bond acceptors (Lipinski definition) is 8. The molecule has 4 saturated heterocycles. The van der Waals surface area contributed by atoms with E-state index >= 15 is 0 Å². The molecule has 5 fully saturated rings. The molecule has 1 aliphatic carbocycles. The topological polar surface area (TPSA) is 104 Å². The largest absolute Gasteiger partial charge is 0.381 e. The predicted octanol–water partition coefficient (Wildman–Crippen LogP) is 4.22. The number of fused-ring (bicyclic) bond motifs is 1. The Labute approximate surface area is 267 Å². The normalized spacial score (nSPS) is 28.8. The molecular formula is C33H51ClN8O2. The molecular weight excluding hydrogens is 576 g/mol. The minimum absolute atomic E-state index is 0.0204. The van der Waals surface area contributed by atoms with E-state index in [9.17, 15) is 4.79 Å². The Hall–Kier alpha value is -1.98. The molecule has 0 aromatic carbocycles. The molecule has 2 atom stereocenters. The number of carbonyl (C=O) groups is 1. The Morgan fingerprint density at radius 2 is 1.59 bits per heavy atom. The van der Waals surface area contributed by atoms with Crippen LogP contribution in [0.3, 0.4) is 0 Å². The summed E-state index contributed by atoms with van der Waals surface area (Å²) in [6.45, 7) is 8.48. The van der Waals surface area contributed by atoms with Crippen molar-refractivity contribution in [3.63, 3.8) is 0 Å². The molecule has 0 radical (unpaired) electrons. The maximum Gasteiger partial charge on any atom is 0.259 e. The molecule has 1 saturated carbocycles. The Bertz CT molecular complexity index is 1280. The van der Waals surface area contributed by atoms with Gasteiger partial charge in [-0.3, -0.25) is 19.5 Å². The predicted molar refractivity (Wildman–Crippen MR) is 173 cm³/mol. The number of nitrogen functional groups attached to an aromatic ring is 1. The minimum Gasteiger partial charge on any atom is -0.381 e. The Morgan fingerprint density at radius 3 is 2.27 bits per heavy atom. The van der Waals surface area contributed by atoms with Crippen molar-refractivity contribution in [3.05, 3.63) is 23.0 Å². The van der Waals surface area contributed by atoms with Crippen LogP contribution in [0.2, 0.25) is 5.02 Å². The first-order valence-electron chi connectivity index (χ1n) is 17.4. The Balaban J connectivity index is 1.06. The monoisotopic (exact) mass is 626 g/mol. The quantitative estimate of drug-likeness (QED) is 0.509. The molecule has 10 nitrogen and oxygen atoms in total. The van der Waals surface area contributed by atoms with Gasteiger partial charge in [0.05, 0.1) is 30.5 Å². The van der Waals surface area contributed by atoms with E-state index in [1.54, 1.807) is 12.4 Å². The van der Waals surface area contributed by atoms with Gasteiger partial charge in [0, 0.05) is 62.5 Å². The number of amides is 1. The SMILES string of the molecule is Nc1nn2cc(Cl)cnc2c1C(=O)NC1CN(C2CCCCCCCCC2)CCC1N1CCC(N2CCC3(COC3)C2)CC1. The summed E-state index contributed by atoms with van der Waals surface area (Å²) in [6.07, 6.45) is 19.9. The minimum atomic E-state index is -0.185. The first-order chi connectivity index (χ1) is 21.5. The molecule has 1 spiro atoms. The average Bonchev–Trinajstić information content (AvgIpc) is 3.61. The Kier molecular flexibility index (Phi) is 9.34. The summed E-state index contributed by atoms with van der Waals surface area (Å²) >= 11 is 6.14. The first kappa shape index (κ1) is 30.7. The molecule has 1 amide bonds. The van der Waals surface area contributed by atoms with Gasteiger partial charge in [0.2, 0.25) is 0 Å². The number of nitrogens with one attached hydrogen (secondary N) is 1. The zero-order chi connectivity index (χ0) is 30.1. The zero-order valence-electron chi connectivity index (χ0n) is 26.3. The fourth-order valence-corrected chi connectivity index (χ4v) is 9.05. The number of aromatic nitrogens is 3.